The van der Waals surface area contributed by atoms with E-state index in [-0.39, 0.29) is 44.0 Å². The first kappa shape index (κ1) is 120. The molecule has 4 N–H and O–H groups in total. The highest BCUT2D eigenvalue weighted by Crippen LogP contribution is 2.32. The zero-order valence-corrected chi connectivity index (χ0v) is 87.8. The van der Waals surface area contributed by atoms with Gasteiger partial charge in [0.1, 0.15) is 51.7 Å². The number of benzene rings is 12. The van der Waals surface area contributed by atoms with Crippen LogP contribution >= 0.6 is 0 Å². The Hall–Kier alpha value is -11.7. The van der Waals surface area contributed by atoms with Gasteiger partial charge < -0.3 is 63.1 Å². The van der Waals surface area contributed by atoms with E-state index in [0.29, 0.717) is 103 Å². The van der Waals surface area contributed by atoms with Crippen molar-refractivity contribution in [2.75, 3.05) is 0 Å². The minimum Gasteiger partial charge on any atom is -0.508 e. The van der Waals surface area contributed by atoms with E-state index in [9.17, 15) is 4.79 Å². The summed E-state index contributed by atoms with van der Waals surface area (Å²) in [6, 6.07) is 97.3. The topological polar surface area (TPSA) is 181 Å². The SMILES string of the molecule is C.CCC(C)c1ccc(O)cc1.CCC(C)c1ccc(O)cc1.CCC(C)c1ccc(O)cc1.CCC(C)c1ccc(O)cc1.CCC(C)c1ccc(OC(C)OCc2ccc(C(C)(C)CC)cc2)cc1.CCC(C)c1ccc(OC(C)OCc2ccc(C)cc2)cc1.CCC(C)c1ccc(OC(C)OCc2ccc(OC(C)=O)cc2)cc1.CCC(C)c1ccc(OC(C)OCc2ccccc2)cc1. The largest absolute Gasteiger partial charge is 0.508 e. The Morgan fingerprint density at radius 2 is 0.446 bits per heavy atom. The Balaban J connectivity index is 0.000000339. The lowest BCUT2D eigenvalue weighted by atomic mass is 9.82. The molecule has 0 aliphatic carbocycles. The first-order valence-electron chi connectivity index (χ1n) is 50.2. The average molecular weight is 1900 g/mol. The van der Waals surface area contributed by atoms with Gasteiger partial charge in [-0.2, -0.15) is 0 Å². The van der Waals surface area contributed by atoms with Gasteiger partial charge in [-0.25, -0.2) is 0 Å². The fourth-order valence-electron chi connectivity index (χ4n) is 13.7. The summed E-state index contributed by atoms with van der Waals surface area (Å²) >= 11 is 0. The van der Waals surface area contributed by atoms with E-state index in [0.717, 1.165) is 97.5 Å². The van der Waals surface area contributed by atoms with E-state index in [1.165, 1.54) is 68.1 Å². The normalized spacial score (nSPS) is 13.3. The number of carbonyl (C=O) groups is 1. The van der Waals surface area contributed by atoms with E-state index in [4.69, 9.17) is 63.1 Å². The molecule has 139 heavy (non-hydrogen) atoms. The molecule has 12 aromatic carbocycles. The summed E-state index contributed by atoms with van der Waals surface area (Å²) in [6.07, 6.45) is 9.10. The Morgan fingerprint density at radius 1 is 0.259 bits per heavy atom. The number of esters is 1. The monoisotopic (exact) mass is 1900 g/mol. The van der Waals surface area contributed by atoms with Crippen LogP contribution in [0.4, 0.5) is 0 Å². The van der Waals surface area contributed by atoms with Crippen LogP contribution < -0.4 is 23.7 Å². The minimum absolute atomic E-state index is 0. The number of rotatable bonds is 39. The standard InChI is InChI=1S/C24H34O2.C21H26O4.C20H26O2.C19H24O2.4C10H14O.CH4/c1-7-18(3)21-11-15-23(16-12-21)26-19(4)25-17-20-9-13-22(14-10-20)24(5,6)8-2;1-5-15(2)19-8-12-21(13-9-19)25-17(4)23-14-18-6-10-20(11-7-18)24-16(3)22;1-5-16(3)19-10-12-20(13-11-19)22-17(4)21-14-18-8-6-15(2)7-9-18;1-4-15(2)18-10-12-19(13-11-18)21-16(3)20-14-17-8-6-5-7-9-17;4*1-3-8(2)9-4-6-10(11)7-5-9;/h9-16,18-19H,7-8,17H2,1-6H3;6-13,15,17H,5,14H2,1-4H3;6-13,16-17H,5,14H2,1-4H3;5-13,15-16H,4,14H2,1-3H3;4*4-8,11H,3H2,1-2H3;1H4. The highest BCUT2D eigenvalue weighted by atomic mass is 16.7. The zero-order valence-electron chi connectivity index (χ0n) is 87.8. The van der Waals surface area contributed by atoms with Gasteiger partial charge in [-0.3, -0.25) is 4.79 Å². The van der Waals surface area contributed by atoms with Crippen LogP contribution in [-0.2, 0) is 55.6 Å². The summed E-state index contributed by atoms with van der Waals surface area (Å²) < 4.78 is 51.3. The van der Waals surface area contributed by atoms with E-state index >= 15 is 0 Å². The predicted octanol–water partition coefficient (Wildman–Crippen LogP) is 34.7. The first-order valence-corrected chi connectivity index (χ1v) is 50.2. The second-order valence-corrected chi connectivity index (χ2v) is 36.7. The second-order valence-electron chi connectivity index (χ2n) is 36.7. The molecule has 754 valence electrons. The summed E-state index contributed by atoms with van der Waals surface area (Å²) in [6.45, 7) is 55.2. The van der Waals surface area contributed by atoms with Gasteiger partial charge in [0.25, 0.3) is 0 Å². The third-order valence-electron chi connectivity index (χ3n) is 25.5. The summed E-state index contributed by atoms with van der Waals surface area (Å²) in [5, 5.41) is 36.0. The molecular weight excluding hydrogens is 1730 g/mol. The zero-order chi connectivity index (χ0) is 101. The smallest absolute Gasteiger partial charge is 0.308 e. The lowest BCUT2D eigenvalue weighted by Gasteiger charge is -2.23. The van der Waals surface area contributed by atoms with E-state index < -0.39 is 0 Å². The number of hydrogen-bond donors (Lipinski definition) is 4. The summed E-state index contributed by atoms with van der Waals surface area (Å²) in [5.41, 5.74) is 17.9. The van der Waals surface area contributed by atoms with Crippen molar-refractivity contribution in [3.63, 3.8) is 0 Å². The van der Waals surface area contributed by atoms with Crippen molar-refractivity contribution < 1.29 is 67.9 Å². The van der Waals surface area contributed by atoms with Gasteiger partial charge in [-0.15, -0.1) is 0 Å². The molecule has 0 saturated heterocycles. The van der Waals surface area contributed by atoms with Crippen LogP contribution in [0, 0.1) is 6.92 Å². The molecular formula is C125H170O14. The second kappa shape index (κ2) is 66.1. The maximum Gasteiger partial charge on any atom is 0.308 e. The third-order valence-corrected chi connectivity index (χ3v) is 25.5. The van der Waals surface area contributed by atoms with Gasteiger partial charge in [-0.1, -0.05) is 333 Å². The van der Waals surface area contributed by atoms with Crippen LogP contribution in [-0.4, -0.2) is 51.6 Å². The fourth-order valence-corrected chi connectivity index (χ4v) is 13.7. The van der Waals surface area contributed by atoms with Crippen molar-refractivity contribution in [2.24, 2.45) is 0 Å². The van der Waals surface area contributed by atoms with Gasteiger partial charge in [0.05, 0.1) is 26.4 Å². The fraction of sp³-hybridized carbons (Fsp3) is 0.416. The average Bonchev–Trinajstić information content (AvgIpc) is 0.847. The summed E-state index contributed by atoms with van der Waals surface area (Å²) in [5.74, 6) is 9.61. The molecule has 0 spiro atoms. The van der Waals surface area contributed by atoms with E-state index in [1.807, 2.05) is 167 Å². The molecule has 12 atom stereocenters. The van der Waals surface area contributed by atoms with Crippen LogP contribution in [0.2, 0.25) is 0 Å². The van der Waals surface area contributed by atoms with Crippen LogP contribution in [0.5, 0.6) is 51.7 Å². The third kappa shape index (κ3) is 47.2. The van der Waals surface area contributed by atoms with Crippen LogP contribution in [0.1, 0.15) is 357 Å². The molecule has 0 aliphatic rings. The molecule has 12 rings (SSSR count). The van der Waals surface area contributed by atoms with Crippen molar-refractivity contribution in [3.05, 3.63) is 375 Å². The lowest BCUT2D eigenvalue weighted by molar-refractivity contribution is -0.131. The number of phenols is 4. The first-order chi connectivity index (χ1) is 66.0. The molecule has 0 radical (unpaired) electrons. The molecule has 12 unspecified atom stereocenters. The number of ether oxygens (including phenoxy) is 9. The van der Waals surface area contributed by atoms with Gasteiger partial charge in [0.15, 0.2) is 25.2 Å². The highest BCUT2D eigenvalue weighted by Gasteiger charge is 2.19. The number of phenolic OH excluding ortho intramolecular Hbond substituents is 4. The van der Waals surface area contributed by atoms with Crippen LogP contribution in [0.3, 0.4) is 0 Å². The molecule has 14 heteroatoms. The Morgan fingerprint density at radius 3 is 0.647 bits per heavy atom. The van der Waals surface area contributed by atoms with Gasteiger partial charge in [0.2, 0.25) is 0 Å². The summed E-state index contributed by atoms with van der Waals surface area (Å²) in [7, 11) is 0. The molecule has 0 bridgehead atoms. The van der Waals surface area contributed by atoms with Crippen LogP contribution in [0.15, 0.2) is 297 Å². The molecule has 0 aromatic heterocycles. The van der Waals surface area contributed by atoms with Crippen molar-refractivity contribution in [2.45, 2.75) is 343 Å². The molecule has 12 aromatic rings. The van der Waals surface area contributed by atoms with E-state index in [2.05, 4.69) is 236 Å². The molecule has 0 heterocycles. The maximum absolute atomic E-state index is 10.9. The number of carbonyl (C=O) groups excluding carboxylic acids is 1. The van der Waals surface area contributed by atoms with Gasteiger partial charge in [-0.05, 0) is 327 Å². The van der Waals surface area contributed by atoms with Gasteiger partial charge >= 0.3 is 5.97 Å². The number of hydrogen-bond acceptors (Lipinski definition) is 14. The highest BCUT2D eigenvalue weighted by molar-refractivity contribution is 5.69. The number of aryl methyl sites for hydroxylation is 1. The van der Waals surface area contributed by atoms with Gasteiger partial charge in [0, 0.05) is 6.92 Å². The quantitative estimate of drug-likeness (QED) is 0.0162. The maximum atomic E-state index is 10.9. The predicted molar refractivity (Wildman–Crippen MR) is 579 cm³/mol. The summed E-state index contributed by atoms with van der Waals surface area (Å²) in [4.78, 5) is 10.9. The molecule has 0 fully saturated rings. The lowest BCUT2D eigenvalue weighted by Crippen LogP contribution is -2.17. The molecule has 14 nitrogen and oxygen atoms in total. The Labute approximate surface area is 838 Å². The molecule has 0 aliphatic heterocycles. The molecule has 0 saturated carbocycles. The van der Waals surface area contributed by atoms with Crippen molar-refractivity contribution in [1.82, 2.24) is 0 Å². The minimum atomic E-state index is -0.359. The Kier molecular flexibility index (Phi) is 56.9. The van der Waals surface area contributed by atoms with Crippen molar-refractivity contribution in [3.8, 4) is 51.7 Å². The van der Waals surface area contributed by atoms with Crippen LogP contribution in [0.25, 0.3) is 0 Å². The molecule has 0 amide bonds. The number of aromatic hydroxyl groups is 4. The van der Waals surface area contributed by atoms with Crippen molar-refractivity contribution >= 4 is 5.97 Å². The Bertz CT molecular complexity index is 4940. The van der Waals surface area contributed by atoms with E-state index in [1.54, 1.807) is 60.7 Å². The van der Waals surface area contributed by atoms with Crippen molar-refractivity contribution in [1.29, 1.82) is 0 Å².